The van der Waals surface area contributed by atoms with Crippen LogP contribution < -0.4 is 0 Å². The van der Waals surface area contributed by atoms with E-state index in [2.05, 4.69) is 0 Å². The van der Waals surface area contributed by atoms with Gasteiger partial charge in [0.2, 0.25) is 0 Å². The largest absolute Gasteiger partial charge is 0.480 e. The predicted molar refractivity (Wildman–Crippen MR) is 83.7 cm³/mol. The summed E-state index contributed by atoms with van der Waals surface area (Å²) in [6.45, 7) is 0. The Morgan fingerprint density at radius 3 is 1.32 bits per heavy atom. The van der Waals surface area contributed by atoms with Gasteiger partial charge in [-0.05, 0) is 19.3 Å². The molecule has 0 aliphatic heterocycles. The van der Waals surface area contributed by atoms with Crippen LogP contribution in [0, 0.1) is 10.8 Å². The average Bonchev–Trinajstić information content (AvgIpc) is 2.54. The Morgan fingerprint density at radius 1 is 0.720 bits per heavy atom. The van der Waals surface area contributed by atoms with E-state index in [4.69, 9.17) is 0 Å². The first-order valence-electron chi connectivity index (χ1n) is 7.32. The van der Waals surface area contributed by atoms with Gasteiger partial charge in [-0.15, -0.1) is 0 Å². The van der Waals surface area contributed by atoms with Crippen LogP contribution in [0.25, 0.3) is 0 Å². The number of rotatable bonds is 6. The van der Waals surface area contributed by atoms with E-state index >= 15 is 0 Å². The van der Waals surface area contributed by atoms with Crippen LogP contribution >= 0.6 is 0 Å². The highest BCUT2D eigenvalue weighted by molar-refractivity contribution is 6.02. The van der Waals surface area contributed by atoms with E-state index < -0.39 is 34.7 Å². The molecule has 0 unspecified atom stereocenters. The third kappa shape index (κ3) is 3.10. The van der Waals surface area contributed by atoms with Gasteiger partial charge in [0, 0.05) is 0 Å². The zero-order chi connectivity index (χ0) is 18.8. The second-order valence-electron chi connectivity index (χ2n) is 6.06. The highest BCUT2D eigenvalue weighted by Crippen LogP contribution is 2.39. The summed E-state index contributed by atoms with van der Waals surface area (Å²) in [5, 5.41) is 37.1. The summed E-state index contributed by atoms with van der Waals surface area (Å²) >= 11 is 0. The molecular formula is C17H16O8. The first-order valence-corrected chi connectivity index (χ1v) is 7.32. The molecule has 0 atom stereocenters. The molecule has 0 saturated heterocycles. The Bertz CT molecular complexity index is 674. The number of allylic oxidation sites excluding steroid dienone is 6. The second-order valence-corrected chi connectivity index (χ2v) is 6.06. The van der Waals surface area contributed by atoms with Crippen molar-refractivity contribution in [2.24, 2.45) is 10.8 Å². The van der Waals surface area contributed by atoms with Gasteiger partial charge < -0.3 is 20.4 Å². The van der Waals surface area contributed by atoms with Crippen LogP contribution in [0.1, 0.15) is 19.3 Å². The van der Waals surface area contributed by atoms with Gasteiger partial charge in [-0.25, -0.2) is 0 Å². The molecule has 132 valence electrons. The first kappa shape index (κ1) is 18.2. The van der Waals surface area contributed by atoms with Crippen molar-refractivity contribution < 1.29 is 39.6 Å². The summed E-state index contributed by atoms with van der Waals surface area (Å²) in [4.78, 5) is 45.6. The fourth-order valence-electron chi connectivity index (χ4n) is 2.95. The van der Waals surface area contributed by atoms with E-state index in [1.165, 1.54) is 12.2 Å². The smallest absolute Gasteiger partial charge is 0.325 e. The molecule has 25 heavy (non-hydrogen) atoms. The zero-order valence-corrected chi connectivity index (χ0v) is 13.0. The van der Waals surface area contributed by atoms with Crippen molar-refractivity contribution in [3.05, 3.63) is 47.6 Å². The molecule has 0 bridgehead atoms. The van der Waals surface area contributed by atoms with Crippen molar-refractivity contribution in [3.63, 3.8) is 0 Å². The first-order chi connectivity index (χ1) is 11.6. The van der Waals surface area contributed by atoms with Crippen molar-refractivity contribution in [2.75, 3.05) is 0 Å². The molecule has 0 radical (unpaired) electrons. The quantitative estimate of drug-likeness (QED) is 0.527. The van der Waals surface area contributed by atoms with E-state index in [9.17, 15) is 39.6 Å². The molecule has 0 amide bonds. The molecule has 0 saturated carbocycles. The lowest BCUT2D eigenvalue weighted by Crippen LogP contribution is -2.40. The Hall–Kier alpha value is -3.16. The molecule has 0 heterocycles. The van der Waals surface area contributed by atoms with Crippen LogP contribution in [0.2, 0.25) is 0 Å². The minimum Gasteiger partial charge on any atom is -0.480 e. The Balaban J connectivity index is 2.24. The normalized spacial score (nSPS) is 20.3. The van der Waals surface area contributed by atoms with Gasteiger partial charge in [0.05, 0.1) is 0 Å². The number of carboxylic acid groups (broad SMARTS) is 4. The third-order valence-electron chi connectivity index (χ3n) is 4.42. The molecule has 4 N–H and O–H groups in total. The third-order valence-corrected chi connectivity index (χ3v) is 4.42. The van der Waals surface area contributed by atoms with E-state index in [1.54, 1.807) is 12.2 Å². The summed E-state index contributed by atoms with van der Waals surface area (Å²) in [7, 11) is 0. The molecule has 2 aliphatic rings. The fourth-order valence-corrected chi connectivity index (χ4v) is 2.95. The monoisotopic (exact) mass is 348 g/mol. The van der Waals surface area contributed by atoms with Crippen molar-refractivity contribution in [1.29, 1.82) is 0 Å². The van der Waals surface area contributed by atoms with Gasteiger partial charge in [0.25, 0.3) is 0 Å². The number of carbonyl (C=O) groups is 4. The Kier molecular flexibility index (Phi) is 4.64. The van der Waals surface area contributed by atoms with Crippen molar-refractivity contribution >= 4 is 23.9 Å². The van der Waals surface area contributed by atoms with Crippen LogP contribution in [0.4, 0.5) is 0 Å². The summed E-state index contributed by atoms with van der Waals surface area (Å²) in [6.07, 6.45) is 7.52. The van der Waals surface area contributed by atoms with Gasteiger partial charge in [0.1, 0.15) is 0 Å². The number of aliphatic carboxylic acids is 4. The van der Waals surface area contributed by atoms with Crippen LogP contribution in [-0.4, -0.2) is 44.3 Å². The van der Waals surface area contributed by atoms with E-state index in [0.29, 0.717) is 11.1 Å². The SMILES string of the molecule is O=C(O)C1(C(=O)O)C=CC=C(CC2=CC=CC(C(=O)O)(C(=O)O)C2)C1. The zero-order valence-electron chi connectivity index (χ0n) is 13.0. The molecule has 0 aromatic rings. The van der Waals surface area contributed by atoms with Crippen molar-refractivity contribution in [1.82, 2.24) is 0 Å². The molecule has 0 aromatic heterocycles. The Labute approximate surface area is 142 Å². The fraction of sp³-hybridized carbons (Fsp3) is 0.294. The molecule has 2 rings (SSSR count). The van der Waals surface area contributed by atoms with Gasteiger partial charge in [-0.1, -0.05) is 47.6 Å². The lowest BCUT2D eigenvalue weighted by Gasteiger charge is -2.28. The molecule has 0 fully saturated rings. The van der Waals surface area contributed by atoms with Crippen LogP contribution in [-0.2, 0) is 19.2 Å². The van der Waals surface area contributed by atoms with Crippen LogP contribution in [0.3, 0.4) is 0 Å². The number of hydrogen-bond acceptors (Lipinski definition) is 4. The van der Waals surface area contributed by atoms with E-state index in [1.807, 2.05) is 0 Å². The summed E-state index contributed by atoms with van der Waals surface area (Å²) in [6, 6.07) is 0. The maximum absolute atomic E-state index is 11.4. The molecular weight excluding hydrogens is 332 g/mol. The molecule has 2 aliphatic carbocycles. The van der Waals surface area contributed by atoms with Gasteiger partial charge in [-0.2, -0.15) is 0 Å². The minimum absolute atomic E-state index is 0.0965. The molecule has 0 spiro atoms. The molecule has 8 nitrogen and oxygen atoms in total. The maximum Gasteiger partial charge on any atom is 0.325 e. The highest BCUT2D eigenvalue weighted by atomic mass is 16.4. The summed E-state index contributed by atoms with van der Waals surface area (Å²) in [5.41, 5.74) is -3.21. The van der Waals surface area contributed by atoms with Crippen LogP contribution in [0.5, 0.6) is 0 Å². The average molecular weight is 348 g/mol. The Morgan fingerprint density at radius 2 is 1.04 bits per heavy atom. The van der Waals surface area contributed by atoms with Gasteiger partial charge >= 0.3 is 23.9 Å². The lowest BCUT2D eigenvalue weighted by molar-refractivity contribution is -0.162. The predicted octanol–water partition coefficient (Wildman–Crippen LogP) is 1.46. The van der Waals surface area contributed by atoms with E-state index in [0.717, 1.165) is 12.2 Å². The lowest BCUT2D eigenvalue weighted by atomic mass is 9.73. The van der Waals surface area contributed by atoms with Crippen molar-refractivity contribution in [3.8, 4) is 0 Å². The topological polar surface area (TPSA) is 149 Å². The standard InChI is InChI=1S/C17H16O8/c18-12(19)16(13(20)21)5-1-3-10(8-16)7-11-4-2-6-17(9-11,14(22)23)15(24)25/h1-6H,7-9H2,(H,18,19)(H,20,21)(H,22,23)(H,24,25). The van der Waals surface area contributed by atoms with E-state index in [-0.39, 0.29) is 19.3 Å². The van der Waals surface area contributed by atoms with Gasteiger partial charge in [-0.3, -0.25) is 19.2 Å². The van der Waals surface area contributed by atoms with Gasteiger partial charge in [0.15, 0.2) is 10.8 Å². The summed E-state index contributed by atoms with van der Waals surface area (Å²) < 4.78 is 0. The molecule has 8 heteroatoms. The number of hydrogen-bond donors (Lipinski definition) is 4. The number of carboxylic acids is 4. The van der Waals surface area contributed by atoms with Crippen LogP contribution in [0.15, 0.2) is 47.6 Å². The minimum atomic E-state index is -2.08. The summed E-state index contributed by atoms with van der Waals surface area (Å²) in [5.74, 6) is -5.98. The molecule has 0 aromatic carbocycles. The highest BCUT2D eigenvalue weighted by Gasteiger charge is 2.47. The maximum atomic E-state index is 11.4. The second kappa shape index (κ2) is 6.39. The van der Waals surface area contributed by atoms with Crippen molar-refractivity contribution in [2.45, 2.75) is 19.3 Å².